The maximum Gasteiger partial charge on any atom is 0.185 e. The van der Waals surface area contributed by atoms with E-state index in [0.29, 0.717) is 5.82 Å². The zero-order valence-corrected chi connectivity index (χ0v) is 13.1. The van der Waals surface area contributed by atoms with E-state index in [-0.39, 0.29) is 0 Å². The van der Waals surface area contributed by atoms with Gasteiger partial charge in [0.25, 0.3) is 0 Å². The molecular formula is C14H14BrN5. The molecule has 1 heterocycles. The second kappa shape index (κ2) is 5.88. The molecule has 2 rings (SSSR count). The molecule has 5 nitrogen and oxygen atoms in total. The van der Waals surface area contributed by atoms with E-state index in [4.69, 9.17) is 5.26 Å². The van der Waals surface area contributed by atoms with Crippen molar-refractivity contribution in [2.24, 2.45) is 0 Å². The van der Waals surface area contributed by atoms with Crippen LogP contribution < -0.4 is 9.80 Å². The lowest BCUT2D eigenvalue weighted by Gasteiger charge is -2.21. The third-order valence-electron chi connectivity index (χ3n) is 3.01. The number of anilines is 3. The number of aromatic nitrogens is 2. The van der Waals surface area contributed by atoms with Crippen molar-refractivity contribution in [1.29, 1.82) is 5.26 Å². The molecule has 0 atom stereocenters. The van der Waals surface area contributed by atoms with Gasteiger partial charge in [-0.15, -0.1) is 0 Å². The lowest BCUT2D eigenvalue weighted by atomic mass is 10.2. The summed E-state index contributed by atoms with van der Waals surface area (Å²) in [6.45, 7) is 2.04. The minimum atomic E-state index is 0.567. The number of rotatable bonds is 3. The molecule has 0 amide bonds. The van der Waals surface area contributed by atoms with Gasteiger partial charge in [0.2, 0.25) is 0 Å². The van der Waals surface area contributed by atoms with E-state index < -0.39 is 0 Å². The summed E-state index contributed by atoms with van der Waals surface area (Å²) < 4.78 is 1.01. The largest absolute Gasteiger partial charge is 0.329 e. The molecule has 0 saturated carbocycles. The fraction of sp³-hybridized carbons (Fsp3) is 0.214. The SMILES string of the molecule is Cc1ccc(Br)cc1N(C)c1cc(N(C)C#N)ncn1. The van der Waals surface area contributed by atoms with Gasteiger partial charge in [-0.1, -0.05) is 22.0 Å². The van der Waals surface area contributed by atoms with Crippen LogP contribution in [0.4, 0.5) is 17.3 Å². The van der Waals surface area contributed by atoms with Crippen molar-refractivity contribution in [3.63, 3.8) is 0 Å². The summed E-state index contributed by atoms with van der Waals surface area (Å²) >= 11 is 3.48. The average molecular weight is 332 g/mol. The molecule has 0 saturated heterocycles. The first-order chi connectivity index (χ1) is 9.52. The van der Waals surface area contributed by atoms with Gasteiger partial charge < -0.3 is 4.90 Å². The predicted molar refractivity (Wildman–Crippen MR) is 83.0 cm³/mol. The first-order valence-electron chi connectivity index (χ1n) is 5.98. The summed E-state index contributed by atoms with van der Waals surface area (Å²) in [4.78, 5) is 11.7. The quantitative estimate of drug-likeness (QED) is 0.638. The van der Waals surface area contributed by atoms with Crippen LogP contribution in [0.5, 0.6) is 0 Å². The predicted octanol–water partition coefficient (Wildman–Crippen LogP) is 3.23. The van der Waals surface area contributed by atoms with Crippen LogP contribution in [-0.2, 0) is 0 Å². The number of benzene rings is 1. The Balaban J connectivity index is 2.41. The van der Waals surface area contributed by atoms with Crippen LogP contribution >= 0.6 is 15.9 Å². The summed E-state index contributed by atoms with van der Waals surface area (Å²) in [6, 6.07) is 7.86. The van der Waals surface area contributed by atoms with E-state index in [0.717, 1.165) is 21.5 Å². The van der Waals surface area contributed by atoms with Gasteiger partial charge in [0.15, 0.2) is 6.19 Å². The molecule has 0 bridgehead atoms. The van der Waals surface area contributed by atoms with Crippen molar-refractivity contribution in [1.82, 2.24) is 9.97 Å². The molecule has 0 spiro atoms. The Kier molecular flexibility index (Phi) is 4.20. The summed E-state index contributed by atoms with van der Waals surface area (Å²) in [7, 11) is 3.60. The van der Waals surface area contributed by atoms with Crippen LogP contribution in [0.15, 0.2) is 35.1 Å². The van der Waals surface area contributed by atoms with Gasteiger partial charge in [0.05, 0.1) is 0 Å². The van der Waals surface area contributed by atoms with Crippen LogP contribution in [0.25, 0.3) is 0 Å². The first kappa shape index (κ1) is 14.3. The summed E-state index contributed by atoms with van der Waals surface area (Å²) in [6.07, 6.45) is 3.49. The molecule has 20 heavy (non-hydrogen) atoms. The number of aryl methyl sites for hydroxylation is 1. The van der Waals surface area contributed by atoms with Gasteiger partial charge in [-0.05, 0) is 24.6 Å². The van der Waals surface area contributed by atoms with Crippen molar-refractivity contribution in [2.45, 2.75) is 6.92 Å². The van der Waals surface area contributed by atoms with Gasteiger partial charge in [-0.25, -0.2) is 9.97 Å². The van der Waals surface area contributed by atoms with E-state index in [9.17, 15) is 0 Å². The lowest BCUT2D eigenvalue weighted by molar-refractivity contribution is 1.04. The normalized spacial score (nSPS) is 9.95. The first-order valence-corrected chi connectivity index (χ1v) is 6.77. The number of hydrogen-bond acceptors (Lipinski definition) is 5. The number of nitrogens with zero attached hydrogens (tertiary/aromatic N) is 5. The van der Waals surface area contributed by atoms with E-state index in [1.165, 1.54) is 11.2 Å². The molecule has 2 aromatic rings. The molecule has 0 aliphatic heterocycles. The van der Waals surface area contributed by atoms with Crippen LogP contribution in [0, 0.1) is 18.4 Å². The molecular weight excluding hydrogens is 318 g/mol. The van der Waals surface area contributed by atoms with Gasteiger partial charge in [0.1, 0.15) is 18.0 Å². The Morgan fingerprint density at radius 2 is 1.85 bits per heavy atom. The van der Waals surface area contributed by atoms with E-state index >= 15 is 0 Å². The Morgan fingerprint density at radius 1 is 1.15 bits per heavy atom. The summed E-state index contributed by atoms with van der Waals surface area (Å²) in [5, 5.41) is 8.91. The van der Waals surface area contributed by atoms with E-state index in [1.54, 1.807) is 13.1 Å². The van der Waals surface area contributed by atoms with Gasteiger partial charge in [-0.2, -0.15) is 5.26 Å². The number of nitriles is 1. The van der Waals surface area contributed by atoms with Gasteiger partial charge in [0, 0.05) is 30.3 Å². The molecule has 0 aliphatic rings. The lowest BCUT2D eigenvalue weighted by Crippen LogP contribution is -2.15. The molecule has 102 valence electrons. The van der Waals surface area contributed by atoms with Crippen molar-refractivity contribution in [3.8, 4) is 6.19 Å². The highest BCUT2D eigenvalue weighted by atomic mass is 79.9. The molecule has 0 unspecified atom stereocenters. The highest BCUT2D eigenvalue weighted by molar-refractivity contribution is 9.10. The summed E-state index contributed by atoms with van der Waals surface area (Å²) in [5.41, 5.74) is 2.19. The molecule has 0 fully saturated rings. The zero-order valence-electron chi connectivity index (χ0n) is 11.5. The Bertz CT molecular complexity index is 665. The van der Waals surface area contributed by atoms with E-state index in [1.807, 2.05) is 43.3 Å². The van der Waals surface area contributed by atoms with E-state index in [2.05, 4.69) is 25.9 Å². The maximum absolute atomic E-state index is 8.91. The Hall–Kier alpha value is -2.13. The minimum Gasteiger partial charge on any atom is -0.329 e. The zero-order chi connectivity index (χ0) is 14.7. The van der Waals surface area contributed by atoms with Crippen molar-refractivity contribution < 1.29 is 0 Å². The Labute approximate surface area is 126 Å². The molecule has 6 heteroatoms. The molecule has 0 radical (unpaired) electrons. The maximum atomic E-state index is 8.91. The highest BCUT2D eigenvalue weighted by Gasteiger charge is 2.11. The number of halogens is 1. The van der Waals surface area contributed by atoms with Crippen LogP contribution in [0.3, 0.4) is 0 Å². The van der Waals surface area contributed by atoms with Gasteiger partial charge in [-0.3, -0.25) is 4.90 Å². The monoisotopic (exact) mass is 331 g/mol. The minimum absolute atomic E-state index is 0.567. The van der Waals surface area contributed by atoms with Crippen molar-refractivity contribution >= 4 is 33.3 Å². The third kappa shape index (κ3) is 2.89. The second-order valence-corrected chi connectivity index (χ2v) is 5.30. The van der Waals surface area contributed by atoms with Crippen molar-refractivity contribution in [2.75, 3.05) is 23.9 Å². The van der Waals surface area contributed by atoms with Gasteiger partial charge >= 0.3 is 0 Å². The third-order valence-corrected chi connectivity index (χ3v) is 3.50. The second-order valence-electron chi connectivity index (χ2n) is 4.38. The van der Waals surface area contributed by atoms with Crippen LogP contribution in [0.1, 0.15) is 5.56 Å². The highest BCUT2D eigenvalue weighted by Crippen LogP contribution is 2.29. The van der Waals surface area contributed by atoms with Crippen molar-refractivity contribution in [3.05, 3.63) is 40.6 Å². The Morgan fingerprint density at radius 3 is 2.55 bits per heavy atom. The smallest absolute Gasteiger partial charge is 0.185 e. The topological polar surface area (TPSA) is 56.0 Å². The fourth-order valence-electron chi connectivity index (χ4n) is 1.82. The van der Waals surface area contributed by atoms with Crippen LogP contribution in [0.2, 0.25) is 0 Å². The molecule has 1 aromatic heterocycles. The molecule has 0 aliphatic carbocycles. The molecule has 1 aromatic carbocycles. The summed E-state index contributed by atoms with van der Waals surface area (Å²) in [5.74, 6) is 1.30. The standard InChI is InChI=1S/C14H14BrN5/c1-10-4-5-11(15)6-12(10)20(3)14-7-13(17-9-18-14)19(2)8-16/h4-7,9H,1-3H3. The fourth-order valence-corrected chi connectivity index (χ4v) is 2.17. The molecule has 0 N–H and O–H groups in total. The average Bonchev–Trinajstić information content (AvgIpc) is 2.48. The van der Waals surface area contributed by atoms with Crippen LogP contribution in [-0.4, -0.2) is 24.1 Å². The number of hydrogen-bond donors (Lipinski definition) is 0.